The number of anilines is 1. The molecule has 0 aliphatic heterocycles. The third-order valence-electron chi connectivity index (χ3n) is 3.25. The molecule has 3 N–H and O–H groups in total. The Kier molecular flexibility index (Phi) is 4.93. The van der Waals surface area contributed by atoms with Gasteiger partial charge >= 0.3 is 6.18 Å². The normalized spacial score (nSPS) is 12.7. The number of benzene rings is 2. The number of hydrogen-bond donors (Lipinski definition) is 3. The van der Waals surface area contributed by atoms with Crippen LogP contribution in [0.5, 0.6) is 5.75 Å². The van der Waals surface area contributed by atoms with Gasteiger partial charge < -0.3 is 15.5 Å². The smallest absolute Gasteiger partial charge is 0.423 e. The minimum atomic E-state index is -4.87. The zero-order valence-corrected chi connectivity index (χ0v) is 12.1. The summed E-state index contributed by atoms with van der Waals surface area (Å²) in [5.74, 6) is -0.0544. The lowest BCUT2D eigenvalue weighted by Gasteiger charge is -2.15. The van der Waals surface area contributed by atoms with Gasteiger partial charge in [-0.3, -0.25) is 10.1 Å². The molecule has 0 aliphatic rings. The van der Waals surface area contributed by atoms with Crippen molar-refractivity contribution in [3.8, 4) is 5.75 Å². The van der Waals surface area contributed by atoms with Crippen LogP contribution in [-0.2, 0) is 6.18 Å². The molecule has 2 rings (SSSR count). The zero-order chi connectivity index (χ0) is 17.9. The minimum absolute atomic E-state index is 0.0212. The molecule has 0 fully saturated rings. The van der Waals surface area contributed by atoms with Crippen LogP contribution in [0, 0.1) is 10.1 Å². The summed E-state index contributed by atoms with van der Waals surface area (Å²) < 4.78 is 38.7. The van der Waals surface area contributed by atoms with Crippen molar-refractivity contribution in [2.45, 2.75) is 12.3 Å². The molecule has 2 aromatic rings. The van der Waals surface area contributed by atoms with Crippen LogP contribution in [0.3, 0.4) is 0 Å². The van der Waals surface area contributed by atoms with Gasteiger partial charge in [-0.25, -0.2) is 0 Å². The van der Waals surface area contributed by atoms with Crippen LogP contribution in [0.4, 0.5) is 24.5 Å². The van der Waals surface area contributed by atoms with Crippen LogP contribution in [-0.4, -0.2) is 21.7 Å². The first-order valence-corrected chi connectivity index (χ1v) is 6.75. The number of nitro benzene ring substituents is 1. The Bertz CT molecular complexity index is 750. The van der Waals surface area contributed by atoms with Crippen LogP contribution in [0.1, 0.15) is 17.2 Å². The maximum atomic E-state index is 12.9. The molecule has 0 amide bonds. The molecule has 0 bridgehead atoms. The minimum Gasteiger partial charge on any atom is -0.508 e. The monoisotopic (exact) mass is 342 g/mol. The zero-order valence-electron chi connectivity index (χ0n) is 12.1. The van der Waals surface area contributed by atoms with Gasteiger partial charge in [-0.2, -0.15) is 13.2 Å². The van der Waals surface area contributed by atoms with Crippen LogP contribution in [0.2, 0.25) is 0 Å². The van der Waals surface area contributed by atoms with Crippen molar-refractivity contribution in [3.05, 3.63) is 63.7 Å². The van der Waals surface area contributed by atoms with Gasteiger partial charge in [-0.1, -0.05) is 12.1 Å². The highest BCUT2D eigenvalue weighted by atomic mass is 19.4. The highest BCUT2D eigenvalue weighted by molar-refractivity contribution is 5.55. The number of aliphatic hydroxyl groups excluding tert-OH is 1. The lowest BCUT2D eigenvalue weighted by Crippen LogP contribution is -2.14. The average molecular weight is 342 g/mol. The quantitative estimate of drug-likeness (QED) is 0.571. The molecule has 6 nitrogen and oxygen atoms in total. The summed E-state index contributed by atoms with van der Waals surface area (Å²) in [6.45, 7) is -0.140. The van der Waals surface area contributed by atoms with E-state index in [1.165, 1.54) is 18.2 Å². The van der Waals surface area contributed by atoms with E-state index in [9.17, 15) is 33.5 Å². The van der Waals surface area contributed by atoms with Crippen molar-refractivity contribution < 1.29 is 28.3 Å². The Morgan fingerprint density at radius 3 is 2.50 bits per heavy atom. The maximum Gasteiger partial charge on any atom is 0.423 e. The van der Waals surface area contributed by atoms with Gasteiger partial charge in [0.2, 0.25) is 0 Å². The first-order valence-electron chi connectivity index (χ1n) is 6.75. The standard InChI is InChI=1S/C15H13F3N2O4/c16-15(17,18)12-7-10(4-5-13(12)20(23)24)19-8-14(22)9-2-1-3-11(21)6-9/h1-7,14,19,21-22H,8H2. The van der Waals surface area contributed by atoms with Crippen molar-refractivity contribution in [1.82, 2.24) is 0 Å². The third-order valence-corrected chi connectivity index (χ3v) is 3.25. The SMILES string of the molecule is O=[N+]([O-])c1ccc(NCC(O)c2cccc(O)c2)cc1C(F)(F)F. The number of alkyl halides is 3. The molecule has 128 valence electrons. The van der Waals surface area contributed by atoms with Gasteiger partial charge in [0.25, 0.3) is 5.69 Å². The molecule has 2 aromatic carbocycles. The van der Waals surface area contributed by atoms with Crippen molar-refractivity contribution in [2.24, 2.45) is 0 Å². The molecule has 1 unspecified atom stereocenters. The fraction of sp³-hybridized carbons (Fsp3) is 0.200. The van der Waals surface area contributed by atoms with E-state index in [0.717, 1.165) is 12.1 Å². The molecule has 0 aromatic heterocycles. The van der Waals surface area contributed by atoms with Crippen molar-refractivity contribution in [2.75, 3.05) is 11.9 Å². The number of phenolic OH excluding ortho intramolecular Hbond substituents is 1. The van der Waals surface area contributed by atoms with Crippen LogP contribution >= 0.6 is 0 Å². The van der Waals surface area contributed by atoms with Crippen molar-refractivity contribution >= 4 is 11.4 Å². The van der Waals surface area contributed by atoms with Crippen molar-refractivity contribution in [3.63, 3.8) is 0 Å². The maximum absolute atomic E-state index is 12.9. The Hall–Kier alpha value is -2.81. The lowest BCUT2D eigenvalue weighted by atomic mass is 10.1. The van der Waals surface area contributed by atoms with Crippen LogP contribution in [0.25, 0.3) is 0 Å². The van der Waals surface area contributed by atoms with Gasteiger partial charge in [0.15, 0.2) is 0 Å². The van der Waals surface area contributed by atoms with E-state index >= 15 is 0 Å². The molecular formula is C15H13F3N2O4. The number of hydrogen-bond acceptors (Lipinski definition) is 5. The summed E-state index contributed by atoms with van der Waals surface area (Å²) in [6.07, 6.45) is -5.95. The Morgan fingerprint density at radius 2 is 1.92 bits per heavy atom. The van der Waals surface area contributed by atoms with Gasteiger partial charge in [0.05, 0.1) is 11.0 Å². The van der Waals surface area contributed by atoms with E-state index in [2.05, 4.69) is 5.32 Å². The highest BCUT2D eigenvalue weighted by Crippen LogP contribution is 2.37. The molecule has 1 atom stereocenters. The van der Waals surface area contributed by atoms with E-state index in [-0.39, 0.29) is 18.0 Å². The Morgan fingerprint density at radius 1 is 1.21 bits per heavy atom. The summed E-state index contributed by atoms with van der Waals surface area (Å²) in [6, 6.07) is 8.30. The number of phenols is 1. The lowest BCUT2D eigenvalue weighted by molar-refractivity contribution is -0.388. The predicted molar refractivity (Wildman–Crippen MR) is 79.7 cm³/mol. The summed E-state index contributed by atoms with van der Waals surface area (Å²) in [4.78, 5) is 9.58. The average Bonchev–Trinajstić information content (AvgIpc) is 2.51. The number of nitrogens with one attached hydrogen (secondary N) is 1. The number of rotatable bonds is 5. The second-order valence-electron chi connectivity index (χ2n) is 4.98. The predicted octanol–water partition coefficient (Wildman–Crippen LogP) is 3.46. The van der Waals surface area contributed by atoms with E-state index in [4.69, 9.17) is 0 Å². The summed E-state index contributed by atoms with van der Waals surface area (Å²) in [5, 5.41) is 32.6. The van der Waals surface area contributed by atoms with Crippen LogP contribution in [0.15, 0.2) is 42.5 Å². The summed E-state index contributed by atoms with van der Waals surface area (Å²) in [7, 11) is 0. The Balaban J connectivity index is 2.17. The molecule has 0 spiro atoms. The summed E-state index contributed by atoms with van der Waals surface area (Å²) >= 11 is 0. The molecule has 0 aliphatic carbocycles. The topological polar surface area (TPSA) is 95.6 Å². The molecule has 24 heavy (non-hydrogen) atoms. The van der Waals surface area contributed by atoms with E-state index in [1.54, 1.807) is 6.07 Å². The van der Waals surface area contributed by atoms with Gasteiger partial charge in [0.1, 0.15) is 11.3 Å². The number of halogens is 3. The van der Waals surface area contributed by atoms with Crippen molar-refractivity contribution in [1.29, 1.82) is 0 Å². The molecule has 0 heterocycles. The molecule has 0 saturated carbocycles. The van der Waals surface area contributed by atoms with E-state index < -0.39 is 28.5 Å². The number of aliphatic hydroxyl groups is 1. The van der Waals surface area contributed by atoms with E-state index in [0.29, 0.717) is 11.6 Å². The first-order chi connectivity index (χ1) is 11.2. The largest absolute Gasteiger partial charge is 0.508 e. The first kappa shape index (κ1) is 17.5. The molecule has 0 radical (unpaired) electrons. The van der Waals surface area contributed by atoms with E-state index in [1.807, 2.05) is 0 Å². The fourth-order valence-corrected chi connectivity index (χ4v) is 2.10. The number of nitrogens with zero attached hydrogens (tertiary/aromatic N) is 1. The second-order valence-corrected chi connectivity index (χ2v) is 4.98. The summed E-state index contributed by atoms with van der Waals surface area (Å²) in [5.41, 5.74) is -2.06. The number of aromatic hydroxyl groups is 1. The Labute approximate surface area is 134 Å². The second kappa shape index (κ2) is 6.75. The fourth-order valence-electron chi connectivity index (χ4n) is 2.10. The van der Waals surface area contributed by atoms with Gasteiger partial charge in [0, 0.05) is 18.3 Å². The molecule has 9 heteroatoms. The van der Waals surface area contributed by atoms with Gasteiger partial charge in [-0.15, -0.1) is 0 Å². The number of nitro groups is 1. The highest BCUT2D eigenvalue weighted by Gasteiger charge is 2.38. The molecular weight excluding hydrogens is 329 g/mol. The molecule has 0 saturated heterocycles. The van der Waals surface area contributed by atoms with Gasteiger partial charge in [-0.05, 0) is 29.8 Å². The van der Waals surface area contributed by atoms with Crippen LogP contribution < -0.4 is 5.32 Å². The third kappa shape index (κ3) is 4.13.